The second-order valence-electron chi connectivity index (χ2n) is 15.6. The first-order valence-electron chi connectivity index (χ1n) is 21.4. The summed E-state index contributed by atoms with van der Waals surface area (Å²) in [6.45, 7) is 5.23. The standard InChI is InChI=1S/C51H56O12/c1-3-28-55-51-48(58-32-37-20-12-6-13-21-37)47(57-31-36-18-10-5-11-19-36)45(41(61-51)33-54-29-38-24-26-40(53-2)27-25-38)63-50-43(52)46(56-30-35-16-8-4-9-17-35)44-42(60-50)34-59-49(62-44)39-22-14-7-15-23-39/h3-27,41-52H,1,28-34H2,2H3/t41-,42-,43+,44-,45-,46-,47+,48-,49-,50+,51-/m1/s1. The highest BCUT2D eigenvalue weighted by atomic mass is 16.8. The molecule has 0 radical (unpaired) electrons. The third-order valence-electron chi connectivity index (χ3n) is 11.2. The molecule has 3 aliphatic heterocycles. The molecule has 0 spiro atoms. The first-order valence-corrected chi connectivity index (χ1v) is 21.4. The molecule has 11 atom stereocenters. The highest BCUT2D eigenvalue weighted by Crippen LogP contribution is 2.39. The van der Waals surface area contributed by atoms with Gasteiger partial charge in [-0.2, -0.15) is 0 Å². The summed E-state index contributed by atoms with van der Waals surface area (Å²) in [7, 11) is 1.63. The van der Waals surface area contributed by atoms with Crippen LogP contribution in [0.3, 0.4) is 0 Å². The Morgan fingerprint density at radius 1 is 0.587 bits per heavy atom. The zero-order chi connectivity index (χ0) is 43.2. The van der Waals surface area contributed by atoms with E-state index < -0.39 is 67.7 Å². The van der Waals surface area contributed by atoms with E-state index in [4.69, 9.17) is 52.1 Å². The SMILES string of the molecule is C=CCO[C@@H]1O[C@H](COCc2ccc(OC)cc2)[C@@H](O[C@@H]2O[C@@H]3CO[C@@H](c4ccccc4)O[C@H]3[C@H](OCc3ccccc3)[C@@H]2O)[C@H](OCc2ccccc2)[C@H]1OCc1ccccc1. The predicted octanol–water partition coefficient (Wildman–Crippen LogP) is 7.48. The fourth-order valence-corrected chi connectivity index (χ4v) is 7.95. The largest absolute Gasteiger partial charge is 0.497 e. The van der Waals surface area contributed by atoms with Gasteiger partial charge in [0.15, 0.2) is 18.9 Å². The van der Waals surface area contributed by atoms with Gasteiger partial charge >= 0.3 is 0 Å². The Hall–Kier alpha value is -4.80. The molecule has 0 aliphatic carbocycles. The van der Waals surface area contributed by atoms with Crippen LogP contribution in [0.25, 0.3) is 0 Å². The van der Waals surface area contributed by atoms with Crippen molar-refractivity contribution >= 4 is 0 Å². The van der Waals surface area contributed by atoms with Gasteiger partial charge < -0.3 is 57.2 Å². The lowest BCUT2D eigenvalue weighted by molar-refractivity contribution is -0.393. The van der Waals surface area contributed by atoms with Gasteiger partial charge in [-0.3, -0.25) is 0 Å². The fraction of sp³-hybridized carbons (Fsp3) is 0.373. The molecule has 5 aromatic carbocycles. The van der Waals surface area contributed by atoms with Crippen molar-refractivity contribution in [2.45, 2.75) is 94.1 Å². The van der Waals surface area contributed by atoms with Crippen molar-refractivity contribution in [2.24, 2.45) is 0 Å². The molecule has 0 bridgehead atoms. The van der Waals surface area contributed by atoms with Gasteiger partial charge in [0, 0.05) is 5.56 Å². The lowest BCUT2D eigenvalue weighted by Gasteiger charge is -2.50. The molecule has 0 amide bonds. The maximum absolute atomic E-state index is 12.4. The van der Waals surface area contributed by atoms with E-state index in [9.17, 15) is 5.11 Å². The fourth-order valence-electron chi connectivity index (χ4n) is 7.95. The van der Waals surface area contributed by atoms with Crippen LogP contribution in [-0.4, -0.2) is 93.4 Å². The molecular formula is C51H56O12. The summed E-state index contributed by atoms with van der Waals surface area (Å²) >= 11 is 0. The molecule has 63 heavy (non-hydrogen) atoms. The van der Waals surface area contributed by atoms with Crippen LogP contribution in [0.1, 0.15) is 34.1 Å². The van der Waals surface area contributed by atoms with Gasteiger partial charge in [0.2, 0.25) is 0 Å². The molecule has 3 saturated heterocycles. The molecule has 12 nitrogen and oxygen atoms in total. The molecule has 5 aromatic rings. The maximum Gasteiger partial charge on any atom is 0.187 e. The van der Waals surface area contributed by atoms with Crippen LogP contribution in [0.15, 0.2) is 158 Å². The van der Waals surface area contributed by atoms with Gasteiger partial charge in [0.25, 0.3) is 0 Å². The van der Waals surface area contributed by atoms with Crippen molar-refractivity contribution in [1.29, 1.82) is 0 Å². The molecule has 0 unspecified atom stereocenters. The Balaban J connectivity index is 1.11. The van der Waals surface area contributed by atoms with Crippen molar-refractivity contribution in [3.63, 3.8) is 0 Å². The van der Waals surface area contributed by atoms with Crippen LogP contribution >= 0.6 is 0 Å². The smallest absolute Gasteiger partial charge is 0.187 e. The summed E-state index contributed by atoms with van der Waals surface area (Å²) in [6.07, 6.45) is -8.12. The van der Waals surface area contributed by atoms with E-state index in [0.29, 0.717) is 0 Å². The second-order valence-corrected chi connectivity index (χ2v) is 15.6. The average molecular weight is 861 g/mol. The summed E-state index contributed by atoms with van der Waals surface area (Å²) < 4.78 is 71.4. The van der Waals surface area contributed by atoms with E-state index in [1.165, 1.54) is 0 Å². The van der Waals surface area contributed by atoms with Crippen molar-refractivity contribution < 1.29 is 57.2 Å². The van der Waals surface area contributed by atoms with E-state index in [-0.39, 0.29) is 46.2 Å². The monoisotopic (exact) mass is 860 g/mol. The van der Waals surface area contributed by atoms with Crippen LogP contribution < -0.4 is 4.74 Å². The van der Waals surface area contributed by atoms with Crippen LogP contribution in [-0.2, 0) is 73.8 Å². The van der Waals surface area contributed by atoms with Crippen molar-refractivity contribution in [3.05, 3.63) is 186 Å². The van der Waals surface area contributed by atoms with Crippen LogP contribution in [0.4, 0.5) is 0 Å². The summed E-state index contributed by atoms with van der Waals surface area (Å²) in [4.78, 5) is 0. The molecule has 0 saturated carbocycles. The van der Waals surface area contributed by atoms with Crippen LogP contribution in [0, 0.1) is 0 Å². The number of fused-ring (bicyclic) bond motifs is 1. The van der Waals surface area contributed by atoms with Crippen LogP contribution in [0.2, 0.25) is 0 Å². The number of methoxy groups -OCH3 is 1. The quantitative estimate of drug-likeness (QED) is 0.0782. The van der Waals surface area contributed by atoms with E-state index in [2.05, 4.69) is 6.58 Å². The maximum atomic E-state index is 12.4. The molecule has 3 heterocycles. The van der Waals surface area contributed by atoms with Crippen molar-refractivity contribution in [3.8, 4) is 5.75 Å². The Morgan fingerprint density at radius 2 is 1.14 bits per heavy atom. The van der Waals surface area contributed by atoms with E-state index in [1.807, 2.05) is 146 Å². The number of ether oxygens (including phenoxy) is 11. The number of hydrogen-bond acceptors (Lipinski definition) is 12. The summed E-state index contributed by atoms with van der Waals surface area (Å²) in [6, 6.07) is 46.8. The average Bonchev–Trinajstić information content (AvgIpc) is 3.34. The minimum absolute atomic E-state index is 0.0645. The Kier molecular flexibility index (Phi) is 16.1. The minimum atomic E-state index is -1.32. The first-order chi connectivity index (χ1) is 31.1. The summed E-state index contributed by atoms with van der Waals surface area (Å²) in [5, 5.41) is 12.4. The highest BCUT2D eigenvalue weighted by molar-refractivity contribution is 5.27. The lowest BCUT2D eigenvalue weighted by atomic mass is 9.95. The first kappa shape index (κ1) is 44.8. The second kappa shape index (κ2) is 22.7. The number of hydrogen-bond donors (Lipinski definition) is 1. The van der Waals surface area contributed by atoms with Gasteiger partial charge in [-0.05, 0) is 34.4 Å². The highest BCUT2D eigenvalue weighted by Gasteiger charge is 2.55. The number of benzene rings is 5. The third-order valence-corrected chi connectivity index (χ3v) is 11.2. The Bertz CT molecular complexity index is 2080. The van der Waals surface area contributed by atoms with Gasteiger partial charge in [-0.15, -0.1) is 6.58 Å². The molecule has 0 aromatic heterocycles. The number of aliphatic hydroxyl groups excluding tert-OH is 1. The van der Waals surface area contributed by atoms with Gasteiger partial charge in [0.1, 0.15) is 54.6 Å². The van der Waals surface area contributed by atoms with Gasteiger partial charge in [0.05, 0.1) is 53.4 Å². The van der Waals surface area contributed by atoms with Crippen molar-refractivity contribution in [2.75, 3.05) is 26.9 Å². The van der Waals surface area contributed by atoms with E-state index in [1.54, 1.807) is 13.2 Å². The minimum Gasteiger partial charge on any atom is -0.497 e. The topological polar surface area (TPSA) is 122 Å². The molecule has 3 fully saturated rings. The summed E-state index contributed by atoms with van der Waals surface area (Å²) in [5.41, 5.74) is 4.61. The Labute approximate surface area is 369 Å². The molecule has 12 heteroatoms. The van der Waals surface area contributed by atoms with E-state index in [0.717, 1.165) is 33.6 Å². The molecule has 8 rings (SSSR count). The van der Waals surface area contributed by atoms with Crippen LogP contribution in [0.5, 0.6) is 5.75 Å². The zero-order valence-electron chi connectivity index (χ0n) is 35.4. The van der Waals surface area contributed by atoms with Crippen molar-refractivity contribution in [1.82, 2.24) is 0 Å². The molecular weight excluding hydrogens is 805 g/mol. The molecule has 1 N–H and O–H groups in total. The predicted molar refractivity (Wildman–Crippen MR) is 232 cm³/mol. The number of aliphatic hydroxyl groups is 1. The lowest BCUT2D eigenvalue weighted by Crippen LogP contribution is -2.67. The normalized spacial score (nSPS) is 28.2. The molecule has 332 valence electrons. The van der Waals surface area contributed by atoms with Gasteiger partial charge in [-0.25, -0.2) is 0 Å². The number of rotatable bonds is 20. The van der Waals surface area contributed by atoms with E-state index >= 15 is 0 Å². The Morgan fingerprint density at radius 3 is 1.73 bits per heavy atom. The van der Waals surface area contributed by atoms with Gasteiger partial charge in [-0.1, -0.05) is 140 Å². The summed E-state index contributed by atoms with van der Waals surface area (Å²) in [5.74, 6) is 0.744. The third kappa shape index (κ3) is 11.9. The molecule has 3 aliphatic rings. The zero-order valence-corrected chi connectivity index (χ0v) is 35.4.